The van der Waals surface area contributed by atoms with Crippen molar-refractivity contribution in [3.63, 3.8) is 0 Å². The molecule has 102 valence electrons. The van der Waals surface area contributed by atoms with E-state index in [9.17, 15) is 0 Å². The maximum absolute atomic E-state index is 5.64. The Hall–Kier alpha value is -1.33. The summed E-state index contributed by atoms with van der Waals surface area (Å²) in [5.41, 5.74) is 6.31. The zero-order chi connectivity index (χ0) is 13.2. The molecule has 0 aromatic carbocycles. The molecule has 0 atom stereocenters. The summed E-state index contributed by atoms with van der Waals surface area (Å²) in [4.78, 5) is 6.47. The summed E-state index contributed by atoms with van der Waals surface area (Å²) < 4.78 is 10.8. The zero-order valence-corrected chi connectivity index (χ0v) is 11.3. The van der Waals surface area contributed by atoms with E-state index in [1.54, 1.807) is 6.20 Å². The van der Waals surface area contributed by atoms with Crippen molar-refractivity contribution in [2.45, 2.75) is 13.8 Å². The highest BCUT2D eigenvalue weighted by Crippen LogP contribution is 2.11. The molecule has 0 bridgehead atoms. The maximum Gasteiger partial charge on any atom is 0.128 e. The van der Waals surface area contributed by atoms with Crippen molar-refractivity contribution in [1.29, 1.82) is 0 Å². The van der Waals surface area contributed by atoms with Crippen molar-refractivity contribution >= 4 is 11.5 Å². The lowest BCUT2D eigenvalue weighted by molar-refractivity contribution is 0.141. The summed E-state index contributed by atoms with van der Waals surface area (Å²) >= 11 is 0. The van der Waals surface area contributed by atoms with Crippen LogP contribution in [0.5, 0.6) is 0 Å². The fraction of sp³-hybridized carbons (Fsp3) is 0.615. The molecule has 18 heavy (non-hydrogen) atoms. The van der Waals surface area contributed by atoms with Crippen LogP contribution in [0.4, 0.5) is 11.5 Å². The number of pyridine rings is 1. The second-order valence-corrected chi connectivity index (χ2v) is 3.83. The van der Waals surface area contributed by atoms with Gasteiger partial charge in [0.25, 0.3) is 0 Å². The third-order valence-electron chi connectivity index (χ3n) is 2.51. The highest BCUT2D eigenvalue weighted by Gasteiger charge is 2.07. The van der Waals surface area contributed by atoms with Crippen LogP contribution in [0.1, 0.15) is 13.8 Å². The van der Waals surface area contributed by atoms with E-state index in [1.807, 2.05) is 26.0 Å². The average molecular weight is 253 g/mol. The van der Waals surface area contributed by atoms with Gasteiger partial charge in [0.15, 0.2) is 0 Å². The number of anilines is 2. The Kier molecular flexibility index (Phi) is 7.13. The van der Waals surface area contributed by atoms with E-state index < -0.39 is 0 Å². The molecule has 0 aliphatic rings. The normalized spacial score (nSPS) is 10.6. The van der Waals surface area contributed by atoms with Crippen molar-refractivity contribution in [1.82, 2.24) is 4.98 Å². The Morgan fingerprint density at radius 1 is 1.11 bits per heavy atom. The predicted octanol–water partition coefficient (Wildman–Crippen LogP) is 1.54. The monoisotopic (exact) mass is 253 g/mol. The van der Waals surface area contributed by atoms with Crippen molar-refractivity contribution in [2.75, 3.05) is 50.2 Å². The molecular formula is C13H23N3O2. The van der Waals surface area contributed by atoms with E-state index in [0.717, 1.165) is 32.1 Å². The Balaban J connectivity index is 2.54. The van der Waals surface area contributed by atoms with Gasteiger partial charge in [-0.15, -0.1) is 0 Å². The SMILES string of the molecule is CCOCCN(CCOCC)c1ccc(N)cn1. The maximum atomic E-state index is 5.64. The van der Waals surface area contributed by atoms with E-state index in [0.29, 0.717) is 18.9 Å². The summed E-state index contributed by atoms with van der Waals surface area (Å²) in [6.07, 6.45) is 1.67. The fourth-order valence-electron chi connectivity index (χ4n) is 1.56. The summed E-state index contributed by atoms with van der Waals surface area (Å²) in [6.45, 7) is 8.43. The largest absolute Gasteiger partial charge is 0.397 e. The van der Waals surface area contributed by atoms with Crippen LogP contribution in [0.15, 0.2) is 18.3 Å². The molecule has 1 rings (SSSR count). The van der Waals surface area contributed by atoms with Gasteiger partial charge in [-0.25, -0.2) is 4.98 Å². The van der Waals surface area contributed by atoms with Crippen LogP contribution < -0.4 is 10.6 Å². The summed E-state index contributed by atoms with van der Waals surface area (Å²) in [6, 6.07) is 3.78. The molecular weight excluding hydrogens is 230 g/mol. The van der Waals surface area contributed by atoms with Gasteiger partial charge in [-0.3, -0.25) is 0 Å². The third-order valence-corrected chi connectivity index (χ3v) is 2.51. The summed E-state index contributed by atoms with van der Waals surface area (Å²) in [5.74, 6) is 0.906. The quantitative estimate of drug-likeness (QED) is 0.676. The minimum Gasteiger partial charge on any atom is -0.397 e. The van der Waals surface area contributed by atoms with Crippen molar-refractivity contribution in [2.24, 2.45) is 0 Å². The van der Waals surface area contributed by atoms with Gasteiger partial charge in [0, 0.05) is 26.3 Å². The first-order chi connectivity index (χ1) is 8.77. The van der Waals surface area contributed by atoms with E-state index in [1.165, 1.54) is 0 Å². The lowest BCUT2D eigenvalue weighted by Gasteiger charge is -2.23. The molecule has 0 radical (unpaired) electrons. The zero-order valence-electron chi connectivity index (χ0n) is 11.3. The topological polar surface area (TPSA) is 60.6 Å². The van der Waals surface area contributed by atoms with Crippen LogP contribution in [-0.4, -0.2) is 44.5 Å². The Morgan fingerprint density at radius 2 is 1.72 bits per heavy atom. The molecule has 0 amide bonds. The molecule has 0 unspecified atom stereocenters. The minimum absolute atomic E-state index is 0.674. The Bertz CT molecular complexity index is 307. The number of nitrogen functional groups attached to an aromatic ring is 1. The first-order valence-electron chi connectivity index (χ1n) is 6.39. The number of nitrogens with zero attached hydrogens (tertiary/aromatic N) is 2. The van der Waals surface area contributed by atoms with Crippen LogP contribution in [0.3, 0.4) is 0 Å². The minimum atomic E-state index is 0.674. The summed E-state index contributed by atoms with van der Waals surface area (Å²) in [5, 5.41) is 0. The van der Waals surface area contributed by atoms with Gasteiger partial charge in [0.05, 0.1) is 25.1 Å². The number of hydrogen-bond acceptors (Lipinski definition) is 5. The molecule has 5 heteroatoms. The van der Waals surface area contributed by atoms with E-state index in [-0.39, 0.29) is 0 Å². The van der Waals surface area contributed by atoms with Gasteiger partial charge in [0.2, 0.25) is 0 Å². The van der Waals surface area contributed by atoms with Crippen molar-refractivity contribution in [3.8, 4) is 0 Å². The molecule has 0 aliphatic carbocycles. The molecule has 0 spiro atoms. The van der Waals surface area contributed by atoms with E-state index >= 15 is 0 Å². The predicted molar refractivity (Wildman–Crippen MR) is 73.8 cm³/mol. The van der Waals surface area contributed by atoms with Gasteiger partial charge in [-0.05, 0) is 26.0 Å². The van der Waals surface area contributed by atoms with Crippen molar-refractivity contribution in [3.05, 3.63) is 18.3 Å². The Morgan fingerprint density at radius 3 is 2.17 bits per heavy atom. The second-order valence-electron chi connectivity index (χ2n) is 3.83. The smallest absolute Gasteiger partial charge is 0.128 e. The molecule has 0 saturated heterocycles. The van der Waals surface area contributed by atoms with Gasteiger partial charge in [0.1, 0.15) is 5.82 Å². The average Bonchev–Trinajstić information content (AvgIpc) is 2.38. The third kappa shape index (κ3) is 5.33. The van der Waals surface area contributed by atoms with E-state index in [4.69, 9.17) is 15.2 Å². The van der Waals surface area contributed by atoms with Crippen LogP contribution in [-0.2, 0) is 9.47 Å². The van der Waals surface area contributed by atoms with Gasteiger partial charge in [-0.1, -0.05) is 0 Å². The van der Waals surface area contributed by atoms with Gasteiger partial charge >= 0.3 is 0 Å². The van der Waals surface area contributed by atoms with E-state index in [2.05, 4.69) is 9.88 Å². The Labute approximate surface area is 109 Å². The molecule has 0 aliphatic heterocycles. The van der Waals surface area contributed by atoms with Gasteiger partial charge < -0.3 is 20.1 Å². The molecule has 2 N–H and O–H groups in total. The second kappa shape index (κ2) is 8.72. The molecule has 1 heterocycles. The lowest BCUT2D eigenvalue weighted by Crippen LogP contribution is -2.31. The molecule has 0 fully saturated rings. The molecule has 1 aromatic rings. The fourth-order valence-corrected chi connectivity index (χ4v) is 1.56. The standard InChI is InChI=1S/C13H23N3O2/c1-3-17-9-7-16(8-10-18-4-2)13-6-5-12(14)11-15-13/h5-6,11H,3-4,7-10,14H2,1-2H3. The van der Waals surface area contributed by atoms with Crippen LogP contribution in [0, 0.1) is 0 Å². The van der Waals surface area contributed by atoms with Crippen molar-refractivity contribution < 1.29 is 9.47 Å². The van der Waals surface area contributed by atoms with Crippen LogP contribution in [0.2, 0.25) is 0 Å². The van der Waals surface area contributed by atoms with Gasteiger partial charge in [-0.2, -0.15) is 0 Å². The molecule has 1 aromatic heterocycles. The number of hydrogen-bond donors (Lipinski definition) is 1. The number of ether oxygens (including phenoxy) is 2. The molecule has 5 nitrogen and oxygen atoms in total. The number of rotatable bonds is 9. The first kappa shape index (κ1) is 14.7. The summed E-state index contributed by atoms with van der Waals surface area (Å²) in [7, 11) is 0. The molecule has 0 saturated carbocycles. The highest BCUT2D eigenvalue weighted by molar-refractivity contribution is 5.45. The van der Waals surface area contributed by atoms with Crippen LogP contribution in [0.25, 0.3) is 0 Å². The number of nitrogens with two attached hydrogens (primary N) is 1. The lowest BCUT2D eigenvalue weighted by atomic mass is 10.3. The number of aromatic nitrogens is 1. The highest BCUT2D eigenvalue weighted by atomic mass is 16.5. The van der Waals surface area contributed by atoms with Crippen LogP contribution >= 0.6 is 0 Å². The first-order valence-corrected chi connectivity index (χ1v) is 6.39.